The number of benzene rings is 1. The molecule has 1 aromatic carbocycles. The zero-order chi connectivity index (χ0) is 17.9. The summed E-state index contributed by atoms with van der Waals surface area (Å²) in [6.07, 6.45) is 2.43. The Morgan fingerprint density at radius 2 is 2.15 bits per heavy atom. The topological polar surface area (TPSA) is 41.6 Å². The number of hydrogen-bond donors (Lipinski definition) is 1. The molecule has 0 saturated carbocycles. The first kappa shape index (κ1) is 17.9. The van der Waals surface area contributed by atoms with Crippen LogP contribution in [0, 0.1) is 5.92 Å². The van der Waals surface area contributed by atoms with E-state index in [1.54, 1.807) is 23.1 Å². The van der Waals surface area contributed by atoms with Gasteiger partial charge in [0.2, 0.25) is 0 Å². The van der Waals surface area contributed by atoms with Crippen LogP contribution in [0.4, 0.5) is 0 Å². The van der Waals surface area contributed by atoms with E-state index in [4.69, 9.17) is 4.74 Å². The number of rotatable bonds is 6. The molecule has 3 aliphatic heterocycles. The van der Waals surface area contributed by atoms with Crippen LogP contribution in [-0.4, -0.2) is 43.1 Å². The molecule has 3 saturated heterocycles. The van der Waals surface area contributed by atoms with E-state index in [0.717, 1.165) is 26.3 Å². The second-order valence-corrected chi connectivity index (χ2v) is 9.30. The highest BCUT2D eigenvalue weighted by atomic mass is 32.2. The van der Waals surface area contributed by atoms with Crippen molar-refractivity contribution in [1.82, 2.24) is 10.2 Å². The van der Waals surface area contributed by atoms with Gasteiger partial charge in [0.1, 0.15) is 5.75 Å². The van der Waals surface area contributed by atoms with Crippen molar-refractivity contribution >= 4 is 29.0 Å². The third-order valence-corrected chi connectivity index (χ3v) is 7.32. The number of nitrogens with zero attached hydrogens (tertiary/aromatic N) is 1. The van der Waals surface area contributed by atoms with Gasteiger partial charge in [-0.2, -0.15) is 0 Å². The Bertz CT molecular complexity index is 769. The number of amides is 1. The summed E-state index contributed by atoms with van der Waals surface area (Å²) in [6, 6.07) is 12.4. The van der Waals surface area contributed by atoms with Gasteiger partial charge in [0.15, 0.2) is 0 Å². The van der Waals surface area contributed by atoms with Gasteiger partial charge in [0.25, 0.3) is 5.91 Å². The van der Waals surface area contributed by atoms with Crippen molar-refractivity contribution in [3.8, 4) is 5.75 Å². The summed E-state index contributed by atoms with van der Waals surface area (Å²) in [4.78, 5) is 17.0. The molecule has 1 N–H and O–H groups in total. The quantitative estimate of drug-likeness (QED) is 0.808. The first-order chi connectivity index (χ1) is 12.7. The highest BCUT2D eigenvalue weighted by Crippen LogP contribution is 2.35. The zero-order valence-corrected chi connectivity index (χ0v) is 16.6. The van der Waals surface area contributed by atoms with Crippen LogP contribution in [0.3, 0.4) is 0 Å². The first-order valence-corrected chi connectivity index (χ1v) is 10.9. The van der Waals surface area contributed by atoms with Crippen LogP contribution < -0.4 is 10.1 Å². The molecular formula is C20H24N2O2S2. The molecular weight excluding hydrogens is 364 g/mol. The van der Waals surface area contributed by atoms with E-state index in [1.165, 1.54) is 25.9 Å². The summed E-state index contributed by atoms with van der Waals surface area (Å²) in [5, 5.41) is 3.27. The molecule has 3 aliphatic rings. The number of thiophene rings is 1. The molecule has 0 spiro atoms. The maximum absolute atomic E-state index is 12.6. The van der Waals surface area contributed by atoms with Gasteiger partial charge in [-0.05, 0) is 69.1 Å². The van der Waals surface area contributed by atoms with E-state index in [-0.39, 0.29) is 5.91 Å². The minimum absolute atomic E-state index is 0.0728. The number of hydrogen-bond acceptors (Lipinski definition) is 5. The molecule has 2 aromatic rings. The SMILES string of the molecule is CCOc1cccc(Sc2ccc(C(=O)NC3CN4CCC3CC4)s2)c1. The van der Waals surface area contributed by atoms with Gasteiger partial charge < -0.3 is 15.0 Å². The van der Waals surface area contributed by atoms with Crippen LogP contribution in [0.15, 0.2) is 45.5 Å². The third-order valence-electron chi connectivity index (χ3n) is 5.11. The lowest BCUT2D eigenvalue weighted by atomic mass is 9.84. The molecule has 4 nitrogen and oxygen atoms in total. The van der Waals surface area contributed by atoms with Gasteiger partial charge >= 0.3 is 0 Å². The summed E-state index contributed by atoms with van der Waals surface area (Å²) >= 11 is 3.23. The molecule has 1 aromatic heterocycles. The predicted molar refractivity (Wildman–Crippen MR) is 106 cm³/mol. The van der Waals surface area contributed by atoms with Crippen molar-refractivity contribution in [2.24, 2.45) is 5.92 Å². The van der Waals surface area contributed by atoms with E-state index >= 15 is 0 Å². The van der Waals surface area contributed by atoms with Gasteiger partial charge in [-0.3, -0.25) is 4.79 Å². The monoisotopic (exact) mass is 388 g/mol. The van der Waals surface area contributed by atoms with Crippen LogP contribution >= 0.6 is 23.1 Å². The lowest BCUT2D eigenvalue weighted by molar-refractivity contribution is 0.0622. The molecule has 1 unspecified atom stereocenters. The summed E-state index contributed by atoms with van der Waals surface area (Å²) in [5.41, 5.74) is 0. The normalized spacial score (nSPS) is 24.4. The molecule has 2 bridgehead atoms. The number of carbonyl (C=O) groups excluding carboxylic acids is 1. The Morgan fingerprint density at radius 3 is 2.88 bits per heavy atom. The lowest BCUT2D eigenvalue weighted by Gasteiger charge is -2.44. The van der Waals surface area contributed by atoms with Crippen LogP contribution in [-0.2, 0) is 0 Å². The van der Waals surface area contributed by atoms with Crippen LogP contribution in [0.25, 0.3) is 0 Å². The van der Waals surface area contributed by atoms with Crippen molar-refractivity contribution in [1.29, 1.82) is 0 Å². The highest BCUT2D eigenvalue weighted by Gasteiger charge is 2.35. The van der Waals surface area contributed by atoms with Crippen molar-refractivity contribution in [2.45, 2.75) is 34.9 Å². The minimum Gasteiger partial charge on any atom is -0.494 e. The van der Waals surface area contributed by atoms with Crippen molar-refractivity contribution in [2.75, 3.05) is 26.2 Å². The third kappa shape index (κ3) is 4.08. The van der Waals surface area contributed by atoms with Crippen molar-refractivity contribution in [3.05, 3.63) is 41.3 Å². The largest absolute Gasteiger partial charge is 0.494 e. The van der Waals surface area contributed by atoms with Gasteiger partial charge in [0, 0.05) is 17.5 Å². The van der Waals surface area contributed by atoms with Crippen LogP contribution in [0.5, 0.6) is 5.75 Å². The number of nitrogens with one attached hydrogen (secondary N) is 1. The van der Waals surface area contributed by atoms with Crippen molar-refractivity contribution in [3.63, 3.8) is 0 Å². The Labute approximate surface area is 162 Å². The molecule has 0 aliphatic carbocycles. The van der Waals surface area contributed by atoms with E-state index < -0.39 is 0 Å². The maximum Gasteiger partial charge on any atom is 0.261 e. The smallest absolute Gasteiger partial charge is 0.261 e. The average Bonchev–Trinajstić information content (AvgIpc) is 3.12. The van der Waals surface area contributed by atoms with E-state index in [9.17, 15) is 4.79 Å². The second-order valence-electron chi connectivity index (χ2n) is 6.85. The van der Waals surface area contributed by atoms with Gasteiger partial charge in [-0.25, -0.2) is 0 Å². The van der Waals surface area contributed by atoms with E-state index in [1.807, 2.05) is 37.3 Å². The fourth-order valence-corrected chi connectivity index (χ4v) is 5.83. The van der Waals surface area contributed by atoms with Crippen molar-refractivity contribution < 1.29 is 9.53 Å². The molecule has 3 fully saturated rings. The Kier molecular flexibility index (Phi) is 5.52. The van der Waals surface area contributed by atoms with Gasteiger partial charge in [-0.1, -0.05) is 17.8 Å². The second kappa shape index (κ2) is 8.03. The predicted octanol–water partition coefficient (Wildman–Crippen LogP) is 4.12. The Morgan fingerprint density at radius 1 is 1.31 bits per heavy atom. The number of carbonyl (C=O) groups is 1. The van der Waals surface area contributed by atoms with Crippen LogP contribution in [0.2, 0.25) is 0 Å². The first-order valence-electron chi connectivity index (χ1n) is 9.25. The molecule has 26 heavy (non-hydrogen) atoms. The Balaban J connectivity index is 1.38. The van der Waals surface area contributed by atoms with Gasteiger partial charge in [-0.15, -0.1) is 11.3 Å². The molecule has 138 valence electrons. The average molecular weight is 389 g/mol. The highest BCUT2D eigenvalue weighted by molar-refractivity contribution is 8.01. The maximum atomic E-state index is 12.6. The van der Waals surface area contributed by atoms with Crippen LogP contribution in [0.1, 0.15) is 29.4 Å². The fraction of sp³-hybridized carbons (Fsp3) is 0.450. The minimum atomic E-state index is 0.0728. The molecule has 4 heterocycles. The molecule has 0 radical (unpaired) electrons. The number of piperidine rings is 3. The molecule has 5 rings (SSSR count). The molecule has 1 amide bonds. The number of fused-ring (bicyclic) bond motifs is 3. The Hall–Kier alpha value is -1.50. The summed E-state index contributed by atoms with van der Waals surface area (Å²) in [7, 11) is 0. The summed E-state index contributed by atoms with van der Waals surface area (Å²) < 4.78 is 6.68. The van der Waals surface area contributed by atoms with Gasteiger partial charge in [0.05, 0.1) is 15.7 Å². The number of ether oxygens (including phenoxy) is 1. The summed E-state index contributed by atoms with van der Waals surface area (Å²) in [5.74, 6) is 1.61. The van der Waals surface area contributed by atoms with E-state index in [2.05, 4.69) is 16.3 Å². The summed E-state index contributed by atoms with van der Waals surface area (Å²) in [6.45, 7) is 6.04. The fourth-order valence-electron chi connectivity index (χ4n) is 3.78. The standard InChI is InChI=1S/C20H24N2O2S2/c1-2-24-15-4-3-5-16(12-15)25-19-7-6-18(26-19)20(23)21-17-13-22-10-8-14(17)9-11-22/h3-7,12,14,17H,2,8-11,13H2,1H3,(H,21,23). The zero-order valence-electron chi connectivity index (χ0n) is 14.9. The lowest BCUT2D eigenvalue weighted by Crippen LogP contribution is -2.57. The molecule has 1 atom stereocenters. The molecule has 6 heteroatoms. The van der Waals surface area contributed by atoms with E-state index in [0.29, 0.717) is 18.6 Å².